The van der Waals surface area contributed by atoms with Crippen LogP contribution < -0.4 is 15.4 Å². The van der Waals surface area contributed by atoms with Crippen LogP contribution in [-0.4, -0.2) is 36.6 Å². The van der Waals surface area contributed by atoms with Gasteiger partial charge in [0, 0.05) is 18.3 Å². The van der Waals surface area contributed by atoms with E-state index in [2.05, 4.69) is 15.6 Å². The van der Waals surface area contributed by atoms with E-state index < -0.39 is 0 Å². The molecule has 1 aliphatic heterocycles. The number of pyridine rings is 1. The van der Waals surface area contributed by atoms with Crippen LogP contribution in [0.2, 0.25) is 0 Å². The van der Waals surface area contributed by atoms with Gasteiger partial charge in [-0.05, 0) is 32.9 Å². The van der Waals surface area contributed by atoms with E-state index in [9.17, 15) is 4.79 Å². The second-order valence-corrected chi connectivity index (χ2v) is 4.61. The van der Waals surface area contributed by atoms with Crippen molar-refractivity contribution < 1.29 is 9.53 Å². The van der Waals surface area contributed by atoms with Crippen LogP contribution in [0, 0.1) is 11.3 Å². The molecule has 1 aromatic heterocycles. The van der Waals surface area contributed by atoms with E-state index in [4.69, 9.17) is 10.00 Å². The standard InChI is InChI=1S/C14H18N4O2/c1-2-20-13-7-12(17-9-10(13)8-15)14(19)18-11-3-5-16-6-4-11/h7,9,11,16H,2-6H2,1H3,(H,18,19). The summed E-state index contributed by atoms with van der Waals surface area (Å²) >= 11 is 0. The number of hydrogen-bond acceptors (Lipinski definition) is 5. The molecule has 0 aliphatic carbocycles. The second-order valence-electron chi connectivity index (χ2n) is 4.61. The number of hydrogen-bond donors (Lipinski definition) is 2. The first-order valence-corrected chi connectivity index (χ1v) is 6.79. The number of piperidine rings is 1. The van der Waals surface area contributed by atoms with Gasteiger partial charge in [-0.2, -0.15) is 5.26 Å². The summed E-state index contributed by atoms with van der Waals surface area (Å²) in [5.41, 5.74) is 0.622. The van der Waals surface area contributed by atoms with E-state index in [1.165, 1.54) is 12.3 Å². The number of nitriles is 1. The van der Waals surface area contributed by atoms with Gasteiger partial charge < -0.3 is 15.4 Å². The molecule has 1 saturated heterocycles. The summed E-state index contributed by atoms with van der Waals surface area (Å²) in [5, 5.41) is 15.2. The topological polar surface area (TPSA) is 87.0 Å². The molecule has 0 atom stereocenters. The van der Waals surface area contributed by atoms with Gasteiger partial charge in [-0.1, -0.05) is 0 Å². The highest BCUT2D eigenvalue weighted by atomic mass is 16.5. The summed E-state index contributed by atoms with van der Waals surface area (Å²) < 4.78 is 5.36. The minimum absolute atomic E-state index is 0.178. The van der Waals surface area contributed by atoms with Crippen LogP contribution >= 0.6 is 0 Å². The summed E-state index contributed by atoms with van der Waals surface area (Å²) in [6, 6.07) is 3.70. The summed E-state index contributed by atoms with van der Waals surface area (Å²) in [7, 11) is 0. The van der Waals surface area contributed by atoms with E-state index in [1.54, 1.807) is 0 Å². The van der Waals surface area contributed by atoms with Crippen molar-refractivity contribution >= 4 is 5.91 Å². The predicted octanol–water partition coefficient (Wildman–Crippen LogP) is 0.834. The summed E-state index contributed by atoms with van der Waals surface area (Å²) in [4.78, 5) is 16.2. The van der Waals surface area contributed by atoms with Crippen molar-refractivity contribution in [1.82, 2.24) is 15.6 Å². The molecule has 6 nitrogen and oxygen atoms in total. The van der Waals surface area contributed by atoms with Gasteiger partial charge in [0.15, 0.2) is 0 Å². The van der Waals surface area contributed by atoms with Crippen LogP contribution in [0.1, 0.15) is 35.8 Å². The zero-order valence-corrected chi connectivity index (χ0v) is 11.5. The van der Waals surface area contributed by atoms with E-state index in [0.717, 1.165) is 25.9 Å². The Hall–Kier alpha value is -2.13. The van der Waals surface area contributed by atoms with Crippen LogP contribution in [0.25, 0.3) is 0 Å². The quantitative estimate of drug-likeness (QED) is 0.849. The fourth-order valence-electron chi connectivity index (χ4n) is 2.15. The first-order chi connectivity index (χ1) is 9.74. The Kier molecular flexibility index (Phi) is 4.91. The van der Waals surface area contributed by atoms with Crippen LogP contribution in [0.15, 0.2) is 12.3 Å². The lowest BCUT2D eigenvalue weighted by atomic mass is 10.1. The van der Waals surface area contributed by atoms with Gasteiger partial charge in [-0.15, -0.1) is 0 Å². The van der Waals surface area contributed by atoms with Gasteiger partial charge in [-0.3, -0.25) is 4.79 Å². The van der Waals surface area contributed by atoms with E-state index in [1.807, 2.05) is 13.0 Å². The van der Waals surface area contributed by atoms with Crippen LogP contribution in [0.3, 0.4) is 0 Å². The monoisotopic (exact) mass is 274 g/mol. The van der Waals surface area contributed by atoms with Crippen molar-refractivity contribution in [3.63, 3.8) is 0 Å². The second kappa shape index (κ2) is 6.87. The van der Waals surface area contributed by atoms with Crippen molar-refractivity contribution in [2.75, 3.05) is 19.7 Å². The van der Waals surface area contributed by atoms with Crippen molar-refractivity contribution in [2.45, 2.75) is 25.8 Å². The molecule has 0 radical (unpaired) electrons. The van der Waals surface area contributed by atoms with Crippen LogP contribution in [0.5, 0.6) is 5.75 Å². The van der Waals surface area contributed by atoms with Gasteiger partial charge in [0.2, 0.25) is 0 Å². The molecule has 0 bridgehead atoms. The van der Waals surface area contributed by atoms with Crippen LogP contribution in [-0.2, 0) is 0 Å². The summed E-state index contributed by atoms with van der Waals surface area (Å²) in [5.74, 6) is 0.183. The van der Waals surface area contributed by atoms with Gasteiger partial charge in [0.25, 0.3) is 5.91 Å². The molecule has 1 aliphatic rings. The molecule has 20 heavy (non-hydrogen) atoms. The molecule has 2 N–H and O–H groups in total. The maximum absolute atomic E-state index is 12.1. The Morgan fingerprint density at radius 2 is 2.35 bits per heavy atom. The first kappa shape index (κ1) is 14.3. The number of aromatic nitrogens is 1. The molecule has 0 saturated carbocycles. The summed E-state index contributed by atoms with van der Waals surface area (Å²) in [6.07, 6.45) is 3.21. The smallest absolute Gasteiger partial charge is 0.270 e. The number of nitrogens with one attached hydrogen (secondary N) is 2. The lowest BCUT2D eigenvalue weighted by Crippen LogP contribution is -2.42. The molecular weight excluding hydrogens is 256 g/mol. The van der Waals surface area contributed by atoms with Crippen molar-refractivity contribution in [2.24, 2.45) is 0 Å². The largest absolute Gasteiger partial charge is 0.492 e. The van der Waals surface area contributed by atoms with E-state index >= 15 is 0 Å². The highest BCUT2D eigenvalue weighted by Crippen LogP contribution is 2.18. The number of carbonyl (C=O) groups excluding carboxylic acids is 1. The lowest BCUT2D eigenvalue weighted by Gasteiger charge is -2.23. The molecule has 106 valence electrons. The third kappa shape index (κ3) is 3.45. The Bertz CT molecular complexity index is 518. The SMILES string of the molecule is CCOc1cc(C(=O)NC2CCNCC2)ncc1C#N. The average molecular weight is 274 g/mol. The highest BCUT2D eigenvalue weighted by Gasteiger charge is 2.18. The number of amides is 1. The molecule has 1 amide bonds. The Morgan fingerprint density at radius 3 is 3.00 bits per heavy atom. The number of rotatable bonds is 4. The molecule has 1 fully saturated rings. The minimum Gasteiger partial charge on any atom is -0.492 e. The number of carbonyl (C=O) groups is 1. The zero-order valence-electron chi connectivity index (χ0n) is 11.5. The zero-order chi connectivity index (χ0) is 14.4. The van der Waals surface area contributed by atoms with E-state index in [0.29, 0.717) is 17.9 Å². The van der Waals surface area contributed by atoms with Gasteiger partial charge in [0.1, 0.15) is 23.1 Å². The molecular formula is C14H18N4O2. The predicted molar refractivity (Wildman–Crippen MR) is 73.5 cm³/mol. The highest BCUT2D eigenvalue weighted by molar-refractivity contribution is 5.93. The first-order valence-electron chi connectivity index (χ1n) is 6.79. The van der Waals surface area contributed by atoms with Crippen molar-refractivity contribution in [3.05, 3.63) is 23.5 Å². The number of nitrogens with zero attached hydrogens (tertiary/aromatic N) is 2. The van der Waals surface area contributed by atoms with Gasteiger partial charge in [0.05, 0.1) is 6.61 Å². The molecule has 6 heteroatoms. The van der Waals surface area contributed by atoms with Crippen molar-refractivity contribution in [1.29, 1.82) is 5.26 Å². The summed E-state index contributed by atoms with van der Waals surface area (Å²) in [6.45, 7) is 4.09. The fourth-order valence-corrected chi connectivity index (χ4v) is 2.15. The Morgan fingerprint density at radius 1 is 1.60 bits per heavy atom. The molecule has 2 heterocycles. The van der Waals surface area contributed by atoms with E-state index in [-0.39, 0.29) is 17.6 Å². The minimum atomic E-state index is -0.220. The third-order valence-corrected chi connectivity index (χ3v) is 3.19. The lowest BCUT2D eigenvalue weighted by molar-refractivity contribution is 0.0924. The molecule has 2 rings (SSSR count). The molecule has 0 aromatic carbocycles. The molecule has 0 unspecified atom stereocenters. The molecule has 0 spiro atoms. The third-order valence-electron chi connectivity index (χ3n) is 3.19. The van der Waals surface area contributed by atoms with Crippen molar-refractivity contribution in [3.8, 4) is 11.8 Å². The normalized spacial score (nSPS) is 15.4. The maximum Gasteiger partial charge on any atom is 0.270 e. The van der Waals surface area contributed by atoms with Crippen LogP contribution in [0.4, 0.5) is 0 Å². The molecule has 1 aromatic rings. The maximum atomic E-state index is 12.1. The number of ether oxygens (including phenoxy) is 1. The Balaban J connectivity index is 2.09. The average Bonchev–Trinajstić information content (AvgIpc) is 2.48. The Labute approximate surface area is 118 Å². The fraction of sp³-hybridized carbons (Fsp3) is 0.500. The van der Waals surface area contributed by atoms with Gasteiger partial charge in [-0.25, -0.2) is 4.98 Å². The van der Waals surface area contributed by atoms with Gasteiger partial charge >= 0.3 is 0 Å².